The fraction of sp³-hybridized carbons (Fsp3) is 0.750. The molecule has 0 aromatic heterocycles. The number of carbonyl (C=O) groups is 1. The van der Waals surface area contributed by atoms with Crippen LogP contribution in [0, 0.1) is 0 Å². The zero-order valence-corrected chi connectivity index (χ0v) is 4.86. The molecule has 2 nitrogen and oxygen atoms in total. The summed E-state index contributed by atoms with van der Waals surface area (Å²) < 4.78 is 4.29. The second-order valence-corrected chi connectivity index (χ2v) is 0.970. The molecule has 1 heterocycles. The average Bonchev–Trinajstić information content (AvgIpc) is 1.68. The van der Waals surface area contributed by atoms with Gasteiger partial charge in [0.2, 0.25) is 0 Å². The van der Waals surface area contributed by atoms with Crippen LogP contribution in [0.2, 0.25) is 0 Å². The van der Waals surface area contributed by atoms with E-state index in [1.54, 1.807) is 0 Å². The number of esters is 1. The van der Waals surface area contributed by atoms with E-state index in [4.69, 9.17) is 0 Å². The highest BCUT2D eigenvalue weighted by molar-refractivity contribution is 6.15. The fourth-order valence-electron chi connectivity index (χ4n) is 0.185. The van der Waals surface area contributed by atoms with Crippen molar-refractivity contribution < 1.29 is 9.53 Å². The lowest BCUT2D eigenvalue weighted by atomic mass is 10.4. The van der Waals surface area contributed by atoms with Crippen molar-refractivity contribution in [3.8, 4) is 0 Å². The van der Waals surface area contributed by atoms with Gasteiger partial charge in [-0.3, -0.25) is 4.79 Å². The highest BCUT2D eigenvalue weighted by Gasteiger charge is 2.10. The van der Waals surface area contributed by atoms with Crippen LogP contribution in [-0.2, 0) is 9.53 Å². The lowest BCUT2D eigenvalue weighted by Crippen LogP contribution is -2.18. The fourth-order valence-corrected chi connectivity index (χ4v) is 0.185. The Hall–Kier alpha value is -0.240. The maximum atomic E-state index is 9.68. The molecule has 0 aliphatic carbocycles. The van der Waals surface area contributed by atoms with Crippen molar-refractivity contribution in [2.45, 2.75) is 6.42 Å². The van der Waals surface area contributed by atoms with E-state index in [-0.39, 0.29) is 5.97 Å². The molecule has 0 unspecified atom stereocenters. The maximum absolute atomic E-state index is 9.68. The normalized spacial score (nSPS) is 15.4. The molecular formula is C4H7ClO2. The first kappa shape index (κ1) is 6.76. The van der Waals surface area contributed by atoms with E-state index in [2.05, 4.69) is 16.3 Å². The lowest BCUT2D eigenvalue weighted by Gasteiger charge is -2.09. The van der Waals surface area contributed by atoms with E-state index in [1.807, 2.05) is 0 Å². The summed E-state index contributed by atoms with van der Waals surface area (Å²) >= 11 is 4.64. The van der Waals surface area contributed by atoms with Gasteiger partial charge >= 0.3 is 5.97 Å². The van der Waals surface area contributed by atoms with Crippen LogP contribution >= 0.6 is 11.6 Å². The van der Waals surface area contributed by atoms with Crippen molar-refractivity contribution in [1.29, 1.82) is 0 Å². The third-order valence-corrected chi connectivity index (χ3v) is 0.569. The molecule has 0 aromatic carbocycles. The van der Waals surface area contributed by atoms with Crippen molar-refractivity contribution in [3.63, 3.8) is 0 Å². The van der Waals surface area contributed by atoms with Gasteiger partial charge in [0, 0.05) is 6.38 Å². The van der Waals surface area contributed by atoms with Crippen LogP contribution in [-0.4, -0.2) is 19.0 Å². The van der Waals surface area contributed by atoms with E-state index >= 15 is 0 Å². The quantitative estimate of drug-likeness (QED) is 0.351. The maximum Gasteiger partial charge on any atom is 0.309 e. The Morgan fingerprint density at radius 1 is 1.71 bits per heavy atom. The number of hydrogen-bond acceptors (Lipinski definition) is 2. The van der Waals surface area contributed by atoms with Gasteiger partial charge in [0.25, 0.3) is 0 Å². The van der Waals surface area contributed by atoms with Gasteiger partial charge in [-0.2, -0.15) is 0 Å². The van der Waals surface area contributed by atoms with Gasteiger partial charge in [0.1, 0.15) is 6.61 Å². The Morgan fingerprint density at radius 2 is 2.00 bits per heavy atom. The first-order chi connectivity index (χ1) is 3.39. The largest absolute Gasteiger partial charge is 0.465 e. The topological polar surface area (TPSA) is 26.3 Å². The molecule has 0 atom stereocenters. The first-order valence-electron chi connectivity index (χ1n) is 1.93. The second kappa shape index (κ2) is 3.93. The SMILES string of the molecule is CCl.O=C1CCO1. The van der Waals surface area contributed by atoms with Crippen molar-refractivity contribution in [2.75, 3.05) is 13.0 Å². The number of hydrogen-bond donors (Lipinski definition) is 0. The van der Waals surface area contributed by atoms with Crippen LogP contribution in [0.3, 0.4) is 0 Å². The van der Waals surface area contributed by atoms with Gasteiger partial charge in [-0.05, 0) is 0 Å². The molecule has 0 radical (unpaired) electrons. The summed E-state index contributed by atoms with van der Waals surface area (Å²) in [6.07, 6.45) is 2.10. The summed E-state index contributed by atoms with van der Waals surface area (Å²) in [5.74, 6) is -0.0648. The Labute approximate surface area is 47.4 Å². The third kappa shape index (κ3) is 2.45. The summed E-state index contributed by atoms with van der Waals surface area (Å²) in [6.45, 7) is 0.638. The van der Waals surface area contributed by atoms with E-state index in [1.165, 1.54) is 6.38 Å². The highest BCUT2D eigenvalue weighted by atomic mass is 35.5. The van der Waals surface area contributed by atoms with Crippen molar-refractivity contribution in [1.82, 2.24) is 0 Å². The molecule has 0 saturated carbocycles. The molecule has 0 N–H and O–H groups in total. The van der Waals surface area contributed by atoms with Crippen LogP contribution in [0.25, 0.3) is 0 Å². The molecule has 0 aromatic rings. The summed E-state index contributed by atoms with van der Waals surface area (Å²) in [5, 5.41) is 0. The zero-order valence-electron chi connectivity index (χ0n) is 4.11. The molecule has 3 heteroatoms. The van der Waals surface area contributed by atoms with E-state index < -0.39 is 0 Å². The summed E-state index contributed by atoms with van der Waals surface area (Å²) in [6, 6.07) is 0. The Bertz CT molecular complexity index is 56.7. The van der Waals surface area contributed by atoms with Crippen LogP contribution in [0.4, 0.5) is 0 Å². The molecule has 0 spiro atoms. The zero-order chi connectivity index (χ0) is 5.70. The monoisotopic (exact) mass is 122 g/mol. The predicted molar refractivity (Wildman–Crippen MR) is 27.4 cm³/mol. The molecule has 1 aliphatic heterocycles. The molecule has 0 bridgehead atoms. The first-order valence-corrected chi connectivity index (χ1v) is 2.68. The number of ether oxygens (including phenoxy) is 1. The summed E-state index contributed by atoms with van der Waals surface area (Å²) in [4.78, 5) is 9.68. The Balaban J connectivity index is 0.000000162. The van der Waals surface area contributed by atoms with Crippen LogP contribution < -0.4 is 0 Å². The summed E-state index contributed by atoms with van der Waals surface area (Å²) in [5.41, 5.74) is 0. The molecule has 1 aliphatic rings. The minimum Gasteiger partial charge on any atom is -0.465 e. The van der Waals surface area contributed by atoms with E-state index in [0.717, 1.165) is 0 Å². The second-order valence-electron chi connectivity index (χ2n) is 0.970. The van der Waals surface area contributed by atoms with Crippen molar-refractivity contribution >= 4 is 17.6 Å². The van der Waals surface area contributed by atoms with Crippen molar-refractivity contribution in [2.24, 2.45) is 0 Å². The van der Waals surface area contributed by atoms with E-state index in [9.17, 15) is 4.79 Å². The van der Waals surface area contributed by atoms with E-state index in [0.29, 0.717) is 13.0 Å². The average molecular weight is 123 g/mol. The van der Waals surface area contributed by atoms with Crippen LogP contribution in [0.5, 0.6) is 0 Å². The smallest absolute Gasteiger partial charge is 0.309 e. The number of alkyl halides is 1. The predicted octanol–water partition coefficient (Wildman–Crippen LogP) is 0.788. The molecule has 0 amide bonds. The van der Waals surface area contributed by atoms with Crippen molar-refractivity contribution in [3.05, 3.63) is 0 Å². The van der Waals surface area contributed by atoms with Gasteiger partial charge in [-0.15, -0.1) is 11.6 Å². The molecule has 1 saturated heterocycles. The Kier molecular flexibility index (Phi) is 3.80. The van der Waals surface area contributed by atoms with Crippen LogP contribution in [0.15, 0.2) is 0 Å². The van der Waals surface area contributed by atoms with Gasteiger partial charge in [-0.1, -0.05) is 0 Å². The molecule has 1 fully saturated rings. The molecule has 1 rings (SSSR count). The Morgan fingerprint density at radius 3 is 2.00 bits per heavy atom. The number of rotatable bonds is 0. The standard InChI is InChI=1S/C3H4O2.CH3Cl/c4-3-1-2-5-3;1-2/h1-2H2;1H3. The van der Waals surface area contributed by atoms with Crippen LogP contribution in [0.1, 0.15) is 6.42 Å². The number of carbonyl (C=O) groups excluding carboxylic acids is 1. The number of cyclic esters (lactones) is 1. The lowest BCUT2D eigenvalue weighted by molar-refractivity contribution is -0.157. The molecule has 7 heavy (non-hydrogen) atoms. The van der Waals surface area contributed by atoms with Gasteiger partial charge in [0.15, 0.2) is 0 Å². The third-order valence-electron chi connectivity index (χ3n) is 0.569. The highest BCUT2D eigenvalue weighted by Crippen LogP contribution is 1.97. The molecular weight excluding hydrogens is 115 g/mol. The minimum absolute atomic E-state index is 0.0648. The molecule has 42 valence electrons. The summed E-state index contributed by atoms with van der Waals surface area (Å²) in [7, 11) is 0. The minimum atomic E-state index is -0.0648. The van der Waals surface area contributed by atoms with Gasteiger partial charge in [-0.25, -0.2) is 0 Å². The van der Waals surface area contributed by atoms with Gasteiger partial charge in [0.05, 0.1) is 6.42 Å². The van der Waals surface area contributed by atoms with Gasteiger partial charge < -0.3 is 4.74 Å². The number of halogens is 1.